The van der Waals surface area contributed by atoms with Gasteiger partial charge in [0.2, 0.25) is 0 Å². The highest BCUT2D eigenvalue weighted by atomic mass is 16.3. The summed E-state index contributed by atoms with van der Waals surface area (Å²) in [7, 11) is 0. The van der Waals surface area contributed by atoms with Crippen molar-refractivity contribution in [1.29, 1.82) is 0 Å². The monoisotopic (exact) mass is 416 g/mol. The van der Waals surface area contributed by atoms with Gasteiger partial charge in [0.1, 0.15) is 0 Å². The van der Waals surface area contributed by atoms with Crippen LogP contribution in [-0.2, 0) is 0 Å². The van der Waals surface area contributed by atoms with E-state index in [1.165, 1.54) is 31.3 Å². The van der Waals surface area contributed by atoms with Crippen molar-refractivity contribution in [3.8, 4) is 0 Å². The van der Waals surface area contributed by atoms with Crippen LogP contribution in [0.4, 0.5) is 0 Å². The molecular weight excluding hydrogens is 372 g/mol. The van der Waals surface area contributed by atoms with Crippen LogP contribution in [0.3, 0.4) is 0 Å². The first-order valence-corrected chi connectivity index (χ1v) is 12.2. The first kappa shape index (κ1) is 23.8. The summed E-state index contributed by atoms with van der Waals surface area (Å²) in [5.41, 5.74) is 3.38. The number of hydrogen-bond donors (Lipinski definition) is 3. The van der Waals surface area contributed by atoms with Crippen molar-refractivity contribution in [2.24, 2.45) is 23.2 Å². The van der Waals surface area contributed by atoms with Crippen molar-refractivity contribution in [1.82, 2.24) is 0 Å². The lowest BCUT2D eigenvalue weighted by Crippen LogP contribution is -2.35. The second-order valence-electron chi connectivity index (χ2n) is 11.3. The summed E-state index contributed by atoms with van der Waals surface area (Å²) in [4.78, 5) is 0. The molecule has 0 spiro atoms. The molecule has 30 heavy (non-hydrogen) atoms. The smallest absolute Gasteiger partial charge is 0.0777 e. The van der Waals surface area contributed by atoms with Gasteiger partial charge in [0.25, 0.3) is 0 Å². The predicted molar refractivity (Wildman–Crippen MR) is 124 cm³/mol. The van der Waals surface area contributed by atoms with Crippen molar-refractivity contribution < 1.29 is 15.3 Å². The van der Waals surface area contributed by atoms with Crippen LogP contribution in [0.2, 0.25) is 0 Å². The molecule has 3 aliphatic rings. The van der Waals surface area contributed by atoms with Crippen molar-refractivity contribution >= 4 is 0 Å². The second kappa shape index (κ2) is 9.30. The molecule has 170 valence electrons. The third-order valence-corrected chi connectivity index (χ3v) is 8.44. The van der Waals surface area contributed by atoms with Gasteiger partial charge in [-0.15, -0.1) is 0 Å². The molecule has 0 bridgehead atoms. The first-order chi connectivity index (χ1) is 14.0. The van der Waals surface area contributed by atoms with E-state index in [9.17, 15) is 15.3 Å². The highest BCUT2D eigenvalue weighted by Crippen LogP contribution is 2.58. The van der Waals surface area contributed by atoms with Crippen LogP contribution in [0.5, 0.6) is 0 Å². The zero-order chi connectivity index (χ0) is 22.1. The molecule has 0 saturated heterocycles. The van der Waals surface area contributed by atoms with E-state index < -0.39 is 17.8 Å². The van der Waals surface area contributed by atoms with Gasteiger partial charge >= 0.3 is 0 Å². The summed E-state index contributed by atoms with van der Waals surface area (Å²) in [6.07, 6.45) is 15.2. The van der Waals surface area contributed by atoms with Gasteiger partial charge in [-0.2, -0.15) is 0 Å². The molecule has 3 aliphatic carbocycles. The van der Waals surface area contributed by atoms with E-state index in [-0.39, 0.29) is 0 Å². The van der Waals surface area contributed by atoms with Crippen molar-refractivity contribution in [3.05, 3.63) is 34.9 Å². The van der Waals surface area contributed by atoms with E-state index in [1.807, 2.05) is 20.8 Å². The Kier molecular flexibility index (Phi) is 7.37. The minimum Gasteiger partial charge on any atom is -0.393 e. The van der Waals surface area contributed by atoms with Crippen LogP contribution in [0.25, 0.3) is 0 Å². The third kappa shape index (κ3) is 5.29. The fraction of sp³-hybridized carbons (Fsp3) is 0.778. The van der Waals surface area contributed by atoms with Crippen LogP contribution >= 0.6 is 0 Å². The van der Waals surface area contributed by atoms with Gasteiger partial charge in [0, 0.05) is 6.42 Å². The number of aliphatic hydroxyl groups excluding tert-OH is 2. The summed E-state index contributed by atoms with van der Waals surface area (Å²) >= 11 is 0. The lowest BCUT2D eigenvalue weighted by Gasteiger charge is -2.43. The Hall–Kier alpha value is -0.900. The van der Waals surface area contributed by atoms with Gasteiger partial charge in [0.15, 0.2) is 0 Å². The molecule has 1 saturated carbocycles. The molecule has 1 fully saturated rings. The average Bonchev–Trinajstić information content (AvgIpc) is 3.00. The number of fused-ring (bicyclic) bond motifs is 1. The van der Waals surface area contributed by atoms with E-state index >= 15 is 0 Å². The van der Waals surface area contributed by atoms with Crippen molar-refractivity contribution in [3.63, 3.8) is 0 Å². The minimum absolute atomic E-state index is 0.359. The van der Waals surface area contributed by atoms with Crippen molar-refractivity contribution in [2.45, 2.75) is 110 Å². The van der Waals surface area contributed by atoms with Crippen LogP contribution in [0.15, 0.2) is 34.9 Å². The molecule has 3 N–H and O–H groups in total. The maximum absolute atomic E-state index is 10.2. The Bertz CT molecular complexity index is 695. The van der Waals surface area contributed by atoms with Gasteiger partial charge in [-0.1, -0.05) is 44.9 Å². The van der Waals surface area contributed by atoms with Crippen LogP contribution in [-0.4, -0.2) is 33.1 Å². The van der Waals surface area contributed by atoms with Gasteiger partial charge < -0.3 is 15.3 Å². The lowest BCUT2D eigenvalue weighted by atomic mass is 9.62. The largest absolute Gasteiger partial charge is 0.393 e. The summed E-state index contributed by atoms with van der Waals surface area (Å²) in [5.74, 6) is 2.06. The SMILES string of the molecule is CC1=C(C=CC2=CCC[C@@]3(C)C2CC[C@@H]3C(C)CCCC(C)(C)O)CC(O)CC1O. The Morgan fingerprint density at radius 2 is 1.97 bits per heavy atom. The summed E-state index contributed by atoms with van der Waals surface area (Å²) in [6, 6.07) is 0. The number of rotatable bonds is 7. The normalized spacial score (nSPS) is 36.2. The molecule has 3 heteroatoms. The van der Waals surface area contributed by atoms with Crippen LogP contribution in [0.1, 0.15) is 92.4 Å². The summed E-state index contributed by atoms with van der Waals surface area (Å²) < 4.78 is 0. The zero-order valence-corrected chi connectivity index (χ0v) is 19.8. The van der Waals surface area contributed by atoms with Gasteiger partial charge in [-0.3, -0.25) is 0 Å². The van der Waals surface area contributed by atoms with Crippen LogP contribution < -0.4 is 0 Å². The minimum atomic E-state index is -0.555. The second-order valence-corrected chi connectivity index (χ2v) is 11.3. The molecule has 3 nitrogen and oxygen atoms in total. The molecule has 0 aromatic rings. The average molecular weight is 417 g/mol. The van der Waals surface area contributed by atoms with Gasteiger partial charge in [-0.25, -0.2) is 0 Å². The Morgan fingerprint density at radius 3 is 2.67 bits per heavy atom. The van der Waals surface area contributed by atoms with Gasteiger partial charge in [-0.05, 0) is 99.2 Å². The molecule has 0 heterocycles. The van der Waals surface area contributed by atoms with E-state index in [2.05, 4.69) is 32.1 Å². The standard InChI is InChI=1S/C27H44O3/c1-18(8-6-14-26(3,4)30)23-12-13-24-20(9-7-15-27(23,24)5)10-11-21-16-22(28)17-25(29)19(21)2/h9-11,18,22-25,28-30H,6-8,12-17H2,1-5H3/t18?,22?,23-,24?,25?,27-/m1/s1. The lowest BCUT2D eigenvalue weighted by molar-refractivity contribution is 0.0613. The molecule has 0 amide bonds. The van der Waals surface area contributed by atoms with Crippen molar-refractivity contribution in [2.75, 3.05) is 0 Å². The highest BCUT2D eigenvalue weighted by molar-refractivity contribution is 5.37. The fourth-order valence-electron chi connectivity index (χ4n) is 6.58. The summed E-state index contributed by atoms with van der Waals surface area (Å²) in [6.45, 7) is 10.8. The molecule has 4 unspecified atom stereocenters. The van der Waals surface area contributed by atoms with E-state index in [4.69, 9.17) is 0 Å². The molecule has 0 aromatic heterocycles. The maximum atomic E-state index is 10.2. The Balaban J connectivity index is 1.68. The van der Waals surface area contributed by atoms with Crippen LogP contribution in [0, 0.1) is 23.2 Å². The Morgan fingerprint density at radius 1 is 1.23 bits per heavy atom. The highest BCUT2D eigenvalue weighted by Gasteiger charge is 2.49. The van der Waals surface area contributed by atoms with E-state index in [0.717, 1.165) is 36.3 Å². The summed E-state index contributed by atoms with van der Waals surface area (Å²) in [5, 5.41) is 30.3. The fourth-order valence-corrected chi connectivity index (χ4v) is 6.58. The molecule has 0 aromatic carbocycles. The number of aliphatic hydroxyl groups is 3. The van der Waals surface area contributed by atoms with Gasteiger partial charge in [0.05, 0.1) is 17.8 Å². The third-order valence-electron chi connectivity index (χ3n) is 8.44. The predicted octanol–water partition coefficient (Wildman–Crippen LogP) is 5.70. The maximum Gasteiger partial charge on any atom is 0.0777 e. The van der Waals surface area contributed by atoms with E-state index in [1.54, 1.807) is 0 Å². The topological polar surface area (TPSA) is 60.7 Å². The molecule has 6 atom stereocenters. The molecule has 0 aliphatic heterocycles. The zero-order valence-electron chi connectivity index (χ0n) is 19.8. The Labute approximate surface area is 184 Å². The van der Waals surface area contributed by atoms with E-state index in [0.29, 0.717) is 30.1 Å². The number of hydrogen-bond acceptors (Lipinski definition) is 3. The quantitative estimate of drug-likeness (QED) is 0.498. The first-order valence-electron chi connectivity index (χ1n) is 12.2. The number of allylic oxidation sites excluding steroid dienone is 4. The molecule has 0 radical (unpaired) electrons. The molecular formula is C27H44O3. The molecule has 3 rings (SSSR count).